The van der Waals surface area contributed by atoms with Gasteiger partial charge in [-0.25, -0.2) is 0 Å². The lowest BCUT2D eigenvalue weighted by molar-refractivity contribution is 0.242. The van der Waals surface area contributed by atoms with Gasteiger partial charge in [0, 0.05) is 19.1 Å². The molecule has 3 nitrogen and oxygen atoms in total. The van der Waals surface area contributed by atoms with Crippen LogP contribution >= 0.6 is 0 Å². The van der Waals surface area contributed by atoms with E-state index in [1.165, 1.54) is 5.56 Å². The lowest BCUT2D eigenvalue weighted by Gasteiger charge is -2.26. The van der Waals surface area contributed by atoms with E-state index < -0.39 is 0 Å². The second-order valence-corrected chi connectivity index (χ2v) is 5.35. The normalized spacial score (nSPS) is 13.0. The van der Waals surface area contributed by atoms with Crippen molar-refractivity contribution in [1.29, 1.82) is 0 Å². The van der Waals surface area contributed by atoms with Gasteiger partial charge in [0.05, 0.1) is 6.61 Å². The van der Waals surface area contributed by atoms with Crippen molar-refractivity contribution in [2.75, 3.05) is 26.2 Å². The van der Waals surface area contributed by atoms with E-state index >= 15 is 0 Å². The first kappa shape index (κ1) is 16.0. The van der Waals surface area contributed by atoms with E-state index in [9.17, 15) is 0 Å². The van der Waals surface area contributed by atoms with Crippen LogP contribution in [0.3, 0.4) is 0 Å². The Bertz CT molecular complexity index is 348. The number of hydrogen-bond acceptors (Lipinski definition) is 3. The van der Waals surface area contributed by atoms with Gasteiger partial charge in [-0.1, -0.05) is 32.9 Å². The van der Waals surface area contributed by atoms with Gasteiger partial charge < -0.3 is 15.4 Å². The number of likely N-dealkylation sites (N-methyl/N-ethyl adjacent to an activating group) is 1. The Kier molecular flexibility index (Phi) is 6.89. The van der Waals surface area contributed by atoms with E-state index in [0.29, 0.717) is 12.5 Å². The van der Waals surface area contributed by atoms with Gasteiger partial charge in [0.1, 0.15) is 5.75 Å². The molecule has 1 atom stereocenters. The summed E-state index contributed by atoms with van der Waals surface area (Å²) in [4.78, 5) is 2.41. The fraction of sp³-hybridized carbons (Fsp3) is 0.625. The number of hydrogen-bond donors (Lipinski definition) is 1. The quantitative estimate of drug-likeness (QED) is 0.784. The van der Waals surface area contributed by atoms with Crippen LogP contribution in [0.1, 0.15) is 39.3 Å². The number of rotatable bonds is 8. The van der Waals surface area contributed by atoms with Crippen LogP contribution in [0.15, 0.2) is 24.3 Å². The number of benzene rings is 1. The van der Waals surface area contributed by atoms with Gasteiger partial charge >= 0.3 is 0 Å². The second-order valence-electron chi connectivity index (χ2n) is 5.35. The summed E-state index contributed by atoms with van der Waals surface area (Å²) < 4.78 is 5.44. The van der Waals surface area contributed by atoms with E-state index in [0.717, 1.165) is 25.4 Å². The van der Waals surface area contributed by atoms with Gasteiger partial charge in [-0.2, -0.15) is 0 Å². The zero-order valence-electron chi connectivity index (χ0n) is 12.7. The molecule has 0 aliphatic rings. The standard InChI is InChI=1S/C16H28N2O/c1-5-18(11-13(3)4)12-16(17)14-7-9-15(10-8-14)19-6-2/h7-10,13,16H,5-6,11-12,17H2,1-4H3. The molecule has 0 heterocycles. The van der Waals surface area contributed by atoms with Crippen LogP contribution in [0.5, 0.6) is 5.75 Å². The fourth-order valence-corrected chi connectivity index (χ4v) is 2.21. The first-order chi connectivity index (χ1) is 9.06. The molecule has 0 fully saturated rings. The Labute approximate surface area is 117 Å². The number of nitrogens with zero attached hydrogens (tertiary/aromatic N) is 1. The van der Waals surface area contributed by atoms with Crippen molar-refractivity contribution in [3.05, 3.63) is 29.8 Å². The number of nitrogens with two attached hydrogens (primary N) is 1. The third-order valence-corrected chi connectivity index (χ3v) is 3.14. The largest absolute Gasteiger partial charge is 0.494 e. The molecule has 0 amide bonds. The fourth-order valence-electron chi connectivity index (χ4n) is 2.21. The van der Waals surface area contributed by atoms with Crippen molar-refractivity contribution >= 4 is 0 Å². The maximum atomic E-state index is 6.29. The molecule has 19 heavy (non-hydrogen) atoms. The van der Waals surface area contributed by atoms with Crippen molar-refractivity contribution in [1.82, 2.24) is 4.90 Å². The SMILES string of the molecule is CCOc1ccc(C(N)CN(CC)CC(C)C)cc1. The van der Waals surface area contributed by atoms with Crippen LogP contribution in [0, 0.1) is 5.92 Å². The molecular formula is C16H28N2O. The zero-order valence-corrected chi connectivity index (χ0v) is 12.7. The molecule has 1 unspecified atom stereocenters. The van der Waals surface area contributed by atoms with Gasteiger partial charge in [0.25, 0.3) is 0 Å². The molecule has 0 saturated heterocycles. The topological polar surface area (TPSA) is 38.5 Å². The number of ether oxygens (including phenoxy) is 1. The highest BCUT2D eigenvalue weighted by Crippen LogP contribution is 2.17. The Balaban J connectivity index is 2.58. The van der Waals surface area contributed by atoms with Crippen LogP contribution in [-0.2, 0) is 0 Å². The minimum atomic E-state index is 0.0642. The summed E-state index contributed by atoms with van der Waals surface area (Å²) in [5, 5.41) is 0. The summed E-state index contributed by atoms with van der Waals surface area (Å²) >= 11 is 0. The second kappa shape index (κ2) is 8.18. The minimum Gasteiger partial charge on any atom is -0.494 e. The van der Waals surface area contributed by atoms with Crippen LogP contribution < -0.4 is 10.5 Å². The smallest absolute Gasteiger partial charge is 0.119 e. The van der Waals surface area contributed by atoms with E-state index in [-0.39, 0.29) is 6.04 Å². The summed E-state index contributed by atoms with van der Waals surface area (Å²) in [5.74, 6) is 1.58. The molecule has 0 aromatic heterocycles. The Morgan fingerprint density at radius 2 is 1.74 bits per heavy atom. The monoisotopic (exact) mass is 264 g/mol. The molecule has 0 radical (unpaired) electrons. The third-order valence-electron chi connectivity index (χ3n) is 3.14. The molecule has 0 aliphatic heterocycles. The summed E-state index contributed by atoms with van der Waals surface area (Å²) in [6, 6.07) is 8.20. The summed E-state index contributed by atoms with van der Waals surface area (Å²) in [7, 11) is 0. The molecule has 1 rings (SSSR count). The molecule has 108 valence electrons. The lowest BCUT2D eigenvalue weighted by atomic mass is 10.1. The summed E-state index contributed by atoms with van der Waals surface area (Å²) in [6.07, 6.45) is 0. The van der Waals surface area contributed by atoms with Crippen LogP contribution in [0.2, 0.25) is 0 Å². The average molecular weight is 264 g/mol. The van der Waals surface area contributed by atoms with Gasteiger partial charge in [0.2, 0.25) is 0 Å². The predicted octanol–water partition coefficient (Wildman–Crippen LogP) is 3.06. The molecule has 1 aromatic rings. The van der Waals surface area contributed by atoms with E-state index in [2.05, 4.69) is 37.8 Å². The van der Waals surface area contributed by atoms with Crippen LogP contribution in [0.25, 0.3) is 0 Å². The maximum absolute atomic E-state index is 6.29. The molecule has 1 aromatic carbocycles. The lowest BCUT2D eigenvalue weighted by Crippen LogP contribution is -2.34. The molecular weight excluding hydrogens is 236 g/mol. The summed E-state index contributed by atoms with van der Waals surface area (Å²) in [6.45, 7) is 12.4. The summed E-state index contributed by atoms with van der Waals surface area (Å²) in [5.41, 5.74) is 7.46. The highest BCUT2D eigenvalue weighted by atomic mass is 16.5. The van der Waals surface area contributed by atoms with E-state index in [4.69, 9.17) is 10.5 Å². The highest BCUT2D eigenvalue weighted by molar-refractivity contribution is 5.29. The minimum absolute atomic E-state index is 0.0642. The van der Waals surface area contributed by atoms with E-state index in [1.54, 1.807) is 0 Å². The van der Waals surface area contributed by atoms with Gasteiger partial charge in [-0.05, 0) is 37.1 Å². The molecule has 0 saturated carbocycles. The zero-order chi connectivity index (χ0) is 14.3. The van der Waals surface area contributed by atoms with Crippen molar-refractivity contribution in [2.24, 2.45) is 11.7 Å². The highest BCUT2D eigenvalue weighted by Gasteiger charge is 2.12. The van der Waals surface area contributed by atoms with Crippen molar-refractivity contribution in [2.45, 2.75) is 33.7 Å². The Hall–Kier alpha value is -1.06. The Morgan fingerprint density at radius 3 is 2.21 bits per heavy atom. The molecule has 0 aliphatic carbocycles. The molecule has 3 heteroatoms. The maximum Gasteiger partial charge on any atom is 0.119 e. The van der Waals surface area contributed by atoms with E-state index in [1.807, 2.05) is 19.1 Å². The van der Waals surface area contributed by atoms with Gasteiger partial charge in [-0.15, -0.1) is 0 Å². The van der Waals surface area contributed by atoms with Crippen LogP contribution in [-0.4, -0.2) is 31.1 Å². The van der Waals surface area contributed by atoms with Crippen molar-refractivity contribution in [3.8, 4) is 5.75 Å². The molecule has 2 N–H and O–H groups in total. The first-order valence-electron chi connectivity index (χ1n) is 7.27. The Morgan fingerprint density at radius 1 is 1.11 bits per heavy atom. The van der Waals surface area contributed by atoms with Crippen molar-refractivity contribution < 1.29 is 4.74 Å². The molecule has 0 spiro atoms. The van der Waals surface area contributed by atoms with Crippen molar-refractivity contribution in [3.63, 3.8) is 0 Å². The van der Waals surface area contributed by atoms with Crippen LogP contribution in [0.4, 0.5) is 0 Å². The van der Waals surface area contributed by atoms with Gasteiger partial charge in [-0.3, -0.25) is 0 Å². The molecule has 0 bridgehead atoms. The third kappa shape index (κ3) is 5.62. The first-order valence-corrected chi connectivity index (χ1v) is 7.27. The van der Waals surface area contributed by atoms with Gasteiger partial charge in [0.15, 0.2) is 0 Å². The predicted molar refractivity (Wildman–Crippen MR) is 81.5 cm³/mol. The average Bonchev–Trinajstić information content (AvgIpc) is 2.38.